The lowest BCUT2D eigenvalue weighted by Gasteiger charge is -2.11. The van der Waals surface area contributed by atoms with Crippen LogP contribution in [0.5, 0.6) is 0 Å². The van der Waals surface area contributed by atoms with E-state index >= 15 is 0 Å². The summed E-state index contributed by atoms with van der Waals surface area (Å²) in [6.07, 6.45) is -4.38. The largest absolute Gasteiger partial charge is 0.465 e. The lowest BCUT2D eigenvalue weighted by Crippen LogP contribution is -2.16. The molecule has 1 amide bonds. The predicted molar refractivity (Wildman–Crippen MR) is 91.0 cm³/mol. The Morgan fingerprint density at radius 3 is 2.42 bits per heavy atom. The van der Waals surface area contributed by atoms with Crippen LogP contribution < -0.4 is 10.6 Å². The minimum absolute atomic E-state index is 0.0404. The van der Waals surface area contributed by atoms with Crippen LogP contribution in [-0.2, 0) is 15.7 Å². The molecule has 138 valence electrons. The number of ether oxygens (including phenoxy) is 1. The van der Waals surface area contributed by atoms with E-state index in [9.17, 15) is 22.8 Å². The number of carbonyl (C=O) groups is 2. The summed E-state index contributed by atoms with van der Waals surface area (Å²) in [6.45, 7) is 0.157. The fourth-order valence-electron chi connectivity index (χ4n) is 2.19. The van der Waals surface area contributed by atoms with E-state index in [1.165, 1.54) is 25.3 Å². The SMILES string of the molecule is COC(=O)c1cccc(NC(=O)CCNc2cccc(C(F)(F)F)c2)c1. The van der Waals surface area contributed by atoms with E-state index in [0.29, 0.717) is 11.3 Å². The lowest BCUT2D eigenvalue weighted by atomic mass is 10.2. The summed E-state index contributed by atoms with van der Waals surface area (Å²) in [7, 11) is 1.26. The molecule has 0 fully saturated rings. The summed E-state index contributed by atoms with van der Waals surface area (Å²) in [5.74, 6) is -0.862. The molecule has 0 aliphatic carbocycles. The number of amides is 1. The van der Waals surface area contributed by atoms with Gasteiger partial charge in [0.2, 0.25) is 5.91 Å². The minimum atomic E-state index is -4.42. The molecule has 8 heteroatoms. The topological polar surface area (TPSA) is 67.4 Å². The molecule has 0 aliphatic heterocycles. The van der Waals surface area contributed by atoms with Crippen molar-refractivity contribution >= 4 is 23.3 Å². The van der Waals surface area contributed by atoms with Crippen LogP contribution in [0.25, 0.3) is 0 Å². The summed E-state index contributed by atoms with van der Waals surface area (Å²) in [5.41, 5.74) is 0.247. The van der Waals surface area contributed by atoms with Crippen LogP contribution in [0.4, 0.5) is 24.5 Å². The highest BCUT2D eigenvalue weighted by Gasteiger charge is 2.30. The summed E-state index contributed by atoms with van der Waals surface area (Å²) < 4.78 is 42.6. The van der Waals surface area contributed by atoms with Gasteiger partial charge in [-0.3, -0.25) is 4.79 Å². The average Bonchev–Trinajstić information content (AvgIpc) is 2.61. The molecule has 0 radical (unpaired) electrons. The first-order chi connectivity index (χ1) is 12.3. The first kappa shape index (κ1) is 19.3. The number of alkyl halides is 3. The van der Waals surface area contributed by atoms with Gasteiger partial charge >= 0.3 is 12.1 Å². The quantitative estimate of drug-likeness (QED) is 0.760. The highest BCUT2D eigenvalue weighted by molar-refractivity contribution is 5.94. The van der Waals surface area contributed by atoms with E-state index in [1.807, 2.05) is 0 Å². The van der Waals surface area contributed by atoms with Gasteiger partial charge in [0.1, 0.15) is 0 Å². The standard InChI is InChI=1S/C18H17F3N2O3/c1-26-17(25)12-4-2-7-15(10-12)23-16(24)8-9-22-14-6-3-5-13(11-14)18(19,20)21/h2-7,10-11,22H,8-9H2,1H3,(H,23,24). The third kappa shape index (κ3) is 5.51. The van der Waals surface area contributed by atoms with Crippen molar-refractivity contribution < 1.29 is 27.5 Å². The van der Waals surface area contributed by atoms with Crippen LogP contribution in [0.3, 0.4) is 0 Å². The van der Waals surface area contributed by atoms with E-state index in [2.05, 4.69) is 15.4 Å². The Labute approximate surface area is 148 Å². The molecule has 0 aromatic heterocycles. The Bertz CT molecular complexity index is 791. The maximum absolute atomic E-state index is 12.7. The van der Waals surface area contributed by atoms with Gasteiger partial charge < -0.3 is 15.4 Å². The number of carbonyl (C=O) groups excluding carboxylic acids is 2. The minimum Gasteiger partial charge on any atom is -0.465 e. The highest BCUT2D eigenvalue weighted by atomic mass is 19.4. The fourth-order valence-corrected chi connectivity index (χ4v) is 2.19. The first-order valence-electron chi connectivity index (χ1n) is 7.69. The predicted octanol–water partition coefficient (Wildman–Crippen LogP) is 3.93. The zero-order valence-electron chi connectivity index (χ0n) is 13.9. The van der Waals surface area contributed by atoms with Gasteiger partial charge in [-0.1, -0.05) is 12.1 Å². The fraction of sp³-hybridized carbons (Fsp3) is 0.222. The van der Waals surface area contributed by atoms with Crippen molar-refractivity contribution in [2.45, 2.75) is 12.6 Å². The van der Waals surface area contributed by atoms with Gasteiger partial charge in [-0.2, -0.15) is 13.2 Å². The van der Waals surface area contributed by atoms with Gasteiger partial charge in [-0.25, -0.2) is 4.79 Å². The molecule has 26 heavy (non-hydrogen) atoms. The average molecular weight is 366 g/mol. The van der Waals surface area contributed by atoms with Crippen molar-refractivity contribution in [1.29, 1.82) is 0 Å². The van der Waals surface area contributed by atoms with Gasteiger partial charge in [0.05, 0.1) is 18.2 Å². The normalized spacial score (nSPS) is 10.9. The molecule has 0 saturated carbocycles. The third-order valence-electron chi connectivity index (χ3n) is 3.44. The number of esters is 1. The smallest absolute Gasteiger partial charge is 0.416 e. The lowest BCUT2D eigenvalue weighted by molar-refractivity contribution is -0.137. The van der Waals surface area contributed by atoms with E-state index in [1.54, 1.807) is 18.2 Å². The summed E-state index contributed by atoms with van der Waals surface area (Å²) in [6, 6.07) is 11.0. The molecule has 2 aromatic rings. The molecule has 2 rings (SSSR count). The Morgan fingerprint density at radius 2 is 1.73 bits per heavy atom. The molecule has 0 heterocycles. The number of benzene rings is 2. The van der Waals surface area contributed by atoms with Crippen molar-refractivity contribution in [1.82, 2.24) is 0 Å². The van der Waals surface area contributed by atoms with Gasteiger partial charge in [-0.05, 0) is 36.4 Å². The van der Waals surface area contributed by atoms with Crippen molar-refractivity contribution in [2.75, 3.05) is 24.3 Å². The zero-order chi connectivity index (χ0) is 19.2. The van der Waals surface area contributed by atoms with E-state index < -0.39 is 17.7 Å². The van der Waals surface area contributed by atoms with Crippen molar-refractivity contribution in [3.8, 4) is 0 Å². The highest BCUT2D eigenvalue weighted by Crippen LogP contribution is 2.30. The van der Waals surface area contributed by atoms with Crippen LogP contribution in [0, 0.1) is 0 Å². The van der Waals surface area contributed by atoms with Crippen molar-refractivity contribution in [3.63, 3.8) is 0 Å². The summed E-state index contributed by atoms with van der Waals surface area (Å²) in [4.78, 5) is 23.4. The Kier molecular flexibility index (Phi) is 6.21. The van der Waals surface area contributed by atoms with Crippen LogP contribution in [-0.4, -0.2) is 25.5 Å². The second kappa shape index (κ2) is 8.37. The molecule has 2 aromatic carbocycles. The van der Waals surface area contributed by atoms with Crippen molar-refractivity contribution in [3.05, 3.63) is 59.7 Å². The van der Waals surface area contributed by atoms with Crippen LogP contribution >= 0.6 is 0 Å². The number of hydrogen-bond donors (Lipinski definition) is 2. The molecular formula is C18H17F3N2O3. The Hall–Kier alpha value is -3.03. The van der Waals surface area contributed by atoms with Gasteiger partial charge in [0.15, 0.2) is 0 Å². The first-order valence-corrected chi connectivity index (χ1v) is 7.69. The monoisotopic (exact) mass is 366 g/mol. The molecule has 0 unspecified atom stereocenters. The maximum Gasteiger partial charge on any atom is 0.416 e. The number of anilines is 2. The third-order valence-corrected chi connectivity index (χ3v) is 3.44. The Morgan fingerprint density at radius 1 is 1.04 bits per heavy atom. The number of hydrogen-bond acceptors (Lipinski definition) is 4. The number of halogens is 3. The molecule has 0 spiro atoms. The number of rotatable bonds is 6. The van der Waals surface area contributed by atoms with Gasteiger partial charge in [0, 0.05) is 24.3 Å². The molecule has 5 nitrogen and oxygen atoms in total. The van der Waals surface area contributed by atoms with Crippen LogP contribution in [0.15, 0.2) is 48.5 Å². The summed E-state index contributed by atoms with van der Waals surface area (Å²) >= 11 is 0. The maximum atomic E-state index is 12.7. The van der Waals surface area contributed by atoms with E-state index in [4.69, 9.17) is 0 Å². The summed E-state index contributed by atoms with van der Waals surface area (Å²) in [5, 5.41) is 5.39. The Balaban J connectivity index is 1.87. The number of methoxy groups -OCH3 is 1. The number of nitrogens with one attached hydrogen (secondary N) is 2. The molecule has 0 bridgehead atoms. The van der Waals surface area contributed by atoms with Crippen LogP contribution in [0.1, 0.15) is 22.3 Å². The second-order valence-electron chi connectivity index (χ2n) is 5.38. The van der Waals surface area contributed by atoms with E-state index in [-0.39, 0.29) is 24.6 Å². The van der Waals surface area contributed by atoms with E-state index in [0.717, 1.165) is 12.1 Å². The molecule has 0 aliphatic rings. The molecular weight excluding hydrogens is 349 g/mol. The van der Waals surface area contributed by atoms with Crippen molar-refractivity contribution in [2.24, 2.45) is 0 Å². The van der Waals surface area contributed by atoms with Crippen LogP contribution in [0.2, 0.25) is 0 Å². The molecule has 0 saturated heterocycles. The molecule has 0 atom stereocenters. The zero-order valence-corrected chi connectivity index (χ0v) is 13.9. The van der Waals surface area contributed by atoms with Gasteiger partial charge in [0.25, 0.3) is 0 Å². The second-order valence-corrected chi connectivity index (χ2v) is 5.38. The molecule has 2 N–H and O–H groups in total. The van der Waals surface area contributed by atoms with Gasteiger partial charge in [-0.15, -0.1) is 0 Å².